The van der Waals surface area contributed by atoms with Crippen LogP contribution in [0.25, 0.3) is 6.08 Å². The summed E-state index contributed by atoms with van der Waals surface area (Å²) < 4.78 is 26.1. The molecular formula is C14H16F2. The van der Waals surface area contributed by atoms with Crippen molar-refractivity contribution in [3.63, 3.8) is 0 Å². The zero-order valence-corrected chi connectivity index (χ0v) is 9.47. The molecule has 2 heteroatoms. The number of halogens is 2. The lowest BCUT2D eigenvalue weighted by molar-refractivity contribution is 0.445. The molecule has 0 nitrogen and oxygen atoms in total. The van der Waals surface area contributed by atoms with Gasteiger partial charge in [0, 0.05) is 11.6 Å². The summed E-state index contributed by atoms with van der Waals surface area (Å²) in [6.07, 6.45) is 6.31. The summed E-state index contributed by atoms with van der Waals surface area (Å²) in [5.41, 5.74) is 1.79. The van der Waals surface area contributed by atoms with Crippen LogP contribution in [0.3, 0.4) is 0 Å². The molecule has 1 aromatic carbocycles. The maximum absolute atomic E-state index is 13.4. The quantitative estimate of drug-likeness (QED) is 0.653. The van der Waals surface area contributed by atoms with E-state index in [1.165, 1.54) is 30.5 Å². The van der Waals surface area contributed by atoms with Crippen molar-refractivity contribution in [1.82, 2.24) is 0 Å². The Morgan fingerprint density at radius 3 is 2.50 bits per heavy atom. The topological polar surface area (TPSA) is 0 Å². The Morgan fingerprint density at radius 2 is 1.88 bits per heavy atom. The molecule has 1 aromatic rings. The molecule has 0 N–H and O–H groups in total. The molecular weight excluding hydrogens is 206 g/mol. The Morgan fingerprint density at radius 1 is 1.19 bits per heavy atom. The van der Waals surface area contributed by atoms with E-state index in [1.807, 2.05) is 6.08 Å². The molecule has 0 spiro atoms. The maximum Gasteiger partial charge on any atom is 0.133 e. The predicted molar refractivity (Wildman–Crippen MR) is 62.0 cm³/mol. The summed E-state index contributed by atoms with van der Waals surface area (Å²) in [5.74, 6) is -0.210. The van der Waals surface area contributed by atoms with Gasteiger partial charge in [0.05, 0.1) is 0 Å². The first-order chi connectivity index (χ1) is 7.65. The van der Waals surface area contributed by atoms with Gasteiger partial charge in [-0.05, 0) is 43.7 Å². The van der Waals surface area contributed by atoms with Gasteiger partial charge in [0.25, 0.3) is 0 Å². The van der Waals surface area contributed by atoms with Crippen LogP contribution < -0.4 is 0 Å². The van der Waals surface area contributed by atoms with E-state index in [4.69, 9.17) is 0 Å². The van der Waals surface area contributed by atoms with Crippen LogP contribution >= 0.6 is 0 Å². The lowest BCUT2D eigenvalue weighted by Crippen LogP contribution is -2.03. The van der Waals surface area contributed by atoms with Crippen molar-refractivity contribution in [3.8, 4) is 0 Å². The van der Waals surface area contributed by atoms with E-state index in [0.29, 0.717) is 5.56 Å². The summed E-state index contributed by atoms with van der Waals surface area (Å²) in [7, 11) is 0. The molecule has 0 unspecified atom stereocenters. The van der Waals surface area contributed by atoms with Crippen LogP contribution in [0.15, 0.2) is 23.8 Å². The fraction of sp³-hybridized carbons (Fsp3) is 0.429. The van der Waals surface area contributed by atoms with Gasteiger partial charge in [-0.2, -0.15) is 0 Å². The van der Waals surface area contributed by atoms with Gasteiger partial charge in [-0.1, -0.05) is 18.6 Å². The highest BCUT2D eigenvalue weighted by Gasteiger charge is 2.12. The average Bonchev–Trinajstić information content (AvgIpc) is 2.25. The number of hydrogen-bond donors (Lipinski definition) is 0. The zero-order valence-electron chi connectivity index (χ0n) is 9.47. The fourth-order valence-corrected chi connectivity index (χ4v) is 2.12. The summed E-state index contributed by atoms with van der Waals surface area (Å²) in [6.45, 7) is 2.25. The van der Waals surface area contributed by atoms with Gasteiger partial charge in [0.2, 0.25) is 0 Å². The second-order valence-corrected chi connectivity index (χ2v) is 4.65. The number of hydrogen-bond acceptors (Lipinski definition) is 0. The Bertz CT molecular complexity index is 397. The SMILES string of the molecule is CC1CCC(=Cc2ccc(F)cc2F)CC1. The van der Waals surface area contributed by atoms with E-state index in [1.54, 1.807) is 0 Å². The van der Waals surface area contributed by atoms with E-state index in [-0.39, 0.29) is 0 Å². The van der Waals surface area contributed by atoms with Crippen LogP contribution in [0.5, 0.6) is 0 Å². The Kier molecular flexibility index (Phi) is 3.37. The van der Waals surface area contributed by atoms with Crippen molar-refractivity contribution >= 4 is 6.08 Å². The van der Waals surface area contributed by atoms with Gasteiger partial charge in [-0.3, -0.25) is 0 Å². The highest BCUT2D eigenvalue weighted by Crippen LogP contribution is 2.29. The molecule has 86 valence electrons. The molecule has 0 aliphatic heterocycles. The highest BCUT2D eigenvalue weighted by atomic mass is 19.1. The first-order valence-electron chi connectivity index (χ1n) is 5.79. The van der Waals surface area contributed by atoms with Gasteiger partial charge >= 0.3 is 0 Å². The highest BCUT2D eigenvalue weighted by molar-refractivity contribution is 5.53. The Hall–Kier alpha value is -1.18. The van der Waals surface area contributed by atoms with Crippen molar-refractivity contribution in [3.05, 3.63) is 41.0 Å². The molecule has 0 radical (unpaired) electrons. The average molecular weight is 222 g/mol. The van der Waals surface area contributed by atoms with Crippen LogP contribution in [-0.2, 0) is 0 Å². The molecule has 1 aliphatic carbocycles. The van der Waals surface area contributed by atoms with Crippen LogP contribution in [0, 0.1) is 17.6 Å². The largest absolute Gasteiger partial charge is 0.207 e. The lowest BCUT2D eigenvalue weighted by Gasteiger charge is -2.20. The van der Waals surface area contributed by atoms with Gasteiger partial charge in [-0.15, -0.1) is 0 Å². The van der Waals surface area contributed by atoms with E-state index in [9.17, 15) is 8.78 Å². The summed E-state index contributed by atoms with van der Waals surface area (Å²) in [6, 6.07) is 3.76. The minimum Gasteiger partial charge on any atom is -0.207 e. The molecule has 1 aliphatic rings. The summed E-state index contributed by atoms with van der Waals surface area (Å²) >= 11 is 0. The molecule has 1 saturated carbocycles. The smallest absolute Gasteiger partial charge is 0.133 e. The Labute approximate surface area is 95.0 Å². The van der Waals surface area contributed by atoms with E-state index >= 15 is 0 Å². The van der Waals surface area contributed by atoms with Crippen molar-refractivity contribution < 1.29 is 8.78 Å². The van der Waals surface area contributed by atoms with Gasteiger partial charge in [0.1, 0.15) is 11.6 Å². The molecule has 1 fully saturated rings. The third kappa shape index (κ3) is 2.69. The normalized spacial score (nSPS) is 20.9. The summed E-state index contributed by atoms with van der Waals surface area (Å²) in [4.78, 5) is 0. The zero-order chi connectivity index (χ0) is 11.5. The second-order valence-electron chi connectivity index (χ2n) is 4.65. The third-order valence-electron chi connectivity index (χ3n) is 3.24. The molecule has 0 saturated heterocycles. The number of rotatable bonds is 1. The van der Waals surface area contributed by atoms with Crippen molar-refractivity contribution in [2.24, 2.45) is 5.92 Å². The summed E-state index contributed by atoms with van der Waals surface area (Å²) in [5, 5.41) is 0. The number of benzene rings is 1. The molecule has 0 aromatic heterocycles. The minimum atomic E-state index is -0.517. The fourth-order valence-electron chi connectivity index (χ4n) is 2.12. The molecule has 2 rings (SSSR count). The Balaban J connectivity index is 2.16. The van der Waals surface area contributed by atoms with Crippen molar-refractivity contribution in [2.45, 2.75) is 32.6 Å². The monoisotopic (exact) mass is 222 g/mol. The second kappa shape index (κ2) is 4.77. The standard InChI is InChI=1S/C14H16F2/c1-10-2-4-11(5-3-10)8-12-6-7-13(15)9-14(12)16/h6-10H,2-5H2,1H3. The van der Waals surface area contributed by atoms with Crippen LogP contribution in [0.4, 0.5) is 8.78 Å². The molecule has 0 heterocycles. The first kappa shape index (κ1) is 11.3. The van der Waals surface area contributed by atoms with Gasteiger partial charge in [-0.25, -0.2) is 8.78 Å². The van der Waals surface area contributed by atoms with Gasteiger partial charge < -0.3 is 0 Å². The third-order valence-corrected chi connectivity index (χ3v) is 3.24. The van der Waals surface area contributed by atoms with E-state index < -0.39 is 11.6 Å². The van der Waals surface area contributed by atoms with Crippen LogP contribution in [-0.4, -0.2) is 0 Å². The van der Waals surface area contributed by atoms with Gasteiger partial charge in [0.15, 0.2) is 0 Å². The first-order valence-corrected chi connectivity index (χ1v) is 5.79. The number of allylic oxidation sites excluding steroid dienone is 1. The minimum absolute atomic E-state index is 0.467. The molecule has 0 amide bonds. The van der Waals surface area contributed by atoms with Crippen LogP contribution in [0.2, 0.25) is 0 Å². The maximum atomic E-state index is 13.4. The van der Waals surface area contributed by atoms with Crippen molar-refractivity contribution in [2.75, 3.05) is 0 Å². The van der Waals surface area contributed by atoms with Crippen LogP contribution in [0.1, 0.15) is 38.2 Å². The van der Waals surface area contributed by atoms with Crippen molar-refractivity contribution in [1.29, 1.82) is 0 Å². The van der Waals surface area contributed by atoms with E-state index in [0.717, 1.165) is 24.8 Å². The molecule has 16 heavy (non-hydrogen) atoms. The lowest BCUT2D eigenvalue weighted by atomic mass is 9.86. The van der Waals surface area contributed by atoms with E-state index in [2.05, 4.69) is 6.92 Å². The molecule has 0 atom stereocenters. The predicted octanol–water partition coefficient (Wildman–Crippen LogP) is 4.56. The molecule has 0 bridgehead atoms.